The molecule has 3 aromatic carbocycles. The van der Waals surface area contributed by atoms with Crippen LogP contribution in [0.3, 0.4) is 0 Å². The van der Waals surface area contributed by atoms with Crippen molar-refractivity contribution in [3.63, 3.8) is 0 Å². The van der Waals surface area contributed by atoms with Crippen LogP contribution in [-0.4, -0.2) is 50.1 Å². The monoisotopic (exact) mass is 665 g/mol. The number of halogens is 5. The van der Waals surface area contributed by atoms with Crippen LogP contribution in [0.2, 0.25) is 0 Å². The van der Waals surface area contributed by atoms with Gasteiger partial charge in [-0.05, 0) is 67.0 Å². The van der Waals surface area contributed by atoms with E-state index in [9.17, 15) is 26.4 Å². The van der Waals surface area contributed by atoms with Crippen molar-refractivity contribution in [1.82, 2.24) is 9.79 Å². The predicted molar refractivity (Wildman–Crippen MR) is 161 cm³/mol. The first-order valence-corrected chi connectivity index (χ1v) is 17.0. The second kappa shape index (κ2) is 11.8. The van der Waals surface area contributed by atoms with Crippen molar-refractivity contribution in [3.05, 3.63) is 77.9 Å². The Morgan fingerprint density at radius 1 is 0.891 bits per heavy atom. The molecule has 2 saturated carbocycles. The Bertz CT molecular complexity index is 1700. The first kappa shape index (κ1) is 32.8. The third kappa shape index (κ3) is 5.91. The third-order valence-corrected chi connectivity index (χ3v) is 11.1. The number of hydrogen-bond donors (Lipinski definition) is 2. The molecule has 3 aromatic rings. The number of nitrogens with zero attached hydrogens (tertiary/aromatic N) is 1. The van der Waals surface area contributed by atoms with Crippen LogP contribution in [-0.2, 0) is 31.0 Å². The fourth-order valence-corrected chi connectivity index (χ4v) is 7.90. The molecule has 0 radical (unpaired) electrons. The molecule has 3 N–H and O–H groups in total. The Hall–Kier alpha value is -3.13. The number of amides is 1. The molecule has 1 aliphatic heterocycles. The number of alkyl halides is 5. The molecule has 46 heavy (non-hydrogen) atoms. The van der Waals surface area contributed by atoms with Gasteiger partial charge in [0.05, 0.1) is 10.3 Å². The fourth-order valence-electron chi connectivity index (χ4n) is 7.00. The average molecular weight is 666 g/mol. The molecular weight excluding hydrogens is 629 g/mol. The maximum atomic E-state index is 16.8. The third-order valence-electron chi connectivity index (χ3n) is 9.94. The highest BCUT2D eigenvalue weighted by Crippen LogP contribution is 2.59. The summed E-state index contributed by atoms with van der Waals surface area (Å²) in [5.41, 5.74) is 1.25. The number of carbonyl (C=O) groups excluding carboxylic acids is 1. The van der Waals surface area contributed by atoms with E-state index in [1.54, 1.807) is 18.2 Å². The highest BCUT2D eigenvalue weighted by atomic mass is 32.2. The van der Waals surface area contributed by atoms with Crippen LogP contribution < -0.4 is 10.6 Å². The lowest BCUT2D eigenvalue weighted by molar-refractivity contribution is -0.203. The number of piperidine rings is 1. The summed E-state index contributed by atoms with van der Waals surface area (Å²) in [5.74, 6) is -7.01. The normalized spacial score (nSPS) is 21.0. The SMILES string of the molecule is NC1CCN(C(=O)C(C2(ONS(=O)(=O)c3ccc4ccccc4c3)CCCC2)C(F)(F)c2ccc(C3(C(F)(F)F)CC3)cc2)CC1. The van der Waals surface area contributed by atoms with Crippen LogP contribution in [0.5, 0.6) is 0 Å². The second-order valence-corrected chi connectivity index (χ2v) is 14.5. The van der Waals surface area contributed by atoms with Crippen LogP contribution in [0.15, 0.2) is 71.6 Å². The van der Waals surface area contributed by atoms with Crippen molar-refractivity contribution in [2.24, 2.45) is 11.7 Å². The van der Waals surface area contributed by atoms with Gasteiger partial charge in [-0.2, -0.15) is 13.2 Å². The Kier molecular flexibility index (Phi) is 8.44. The summed E-state index contributed by atoms with van der Waals surface area (Å²) >= 11 is 0. The Morgan fingerprint density at radius 3 is 2.09 bits per heavy atom. The molecular formula is C33H36F5N3O4S. The van der Waals surface area contributed by atoms with E-state index in [0.717, 1.165) is 29.7 Å². The maximum absolute atomic E-state index is 16.8. The predicted octanol–water partition coefficient (Wildman–Crippen LogP) is 6.31. The Balaban J connectivity index is 1.35. The molecule has 6 rings (SSSR count). The van der Waals surface area contributed by atoms with Crippen LogP contribution in [0, 0.1) is 5.92 Å². The Morgan fingerprint density at radius 2 is 1.50 bits per heavy atom. The smallest absolute Gasteiger partial charge is 0.342 e. The van der Waals surface area contributed by atoms with Gasteiger partial charge in [-0.25, -0.2) is 17.2 Å². The lowest BCUT2D eigenvalue weighted by atomic mass is 9.77. The highest BCUT2D eigenvalue weighted by Gasteiger charge is 2.65. The zero-order valence-electron chi connectivity index (χ0n) is 25.0. The molecule has 0 aromatic heterocycles. The summed E-state index contributed by atoms with van der Waals surface area (Å²) in [5, 5.41) is 1.45. The van der Waals surface area contributed by atoms with E-state index in [1.807, 2.05) is 12.1 Å². The van der Waals surface area contributed by atoms with Crippen LogP contribution in [0.4, 0.5) is 22.0 Å². The molecule has 2 aliphatic carbocycles. The van der Waals surface area contributed by atoms with Gasteiger partial charge >= 0.3 is 6.18 Å². The van der Waals surface area contributed by atoms with Crippen molar-refractivity contribution in [2.75, 3.05) is 13.1 Å². The molecule has 13 heteroatoms. The molecule has 7 nitrogen and oxygen atoms in total. The summed E-state index contributed by atoms with van der Waals surface area (Å²) in [6, 6.07) is 15.3. The van der Waals surface area contributed by atoms with Crippen LogP contribution >= 0.6 is 0 Å². The van der Waals surface area contributed by atoms with E-state index in [4.69, 9.17) is 10.6 Å². The van der Waals surface area contributed by atoms with Crippen molar-refractivity contribution in [1.29, 1.82) is 0 Å². The van der Waals surface area contributed by atoms with Gasteiger partial charge in [-0.15, -0.1) is 0 Å². The summed E-state index contributed by atoms with van der Waals surface area (Å²) in [4.78, 5) is 23.2. The van der Waals surface area contributed by atoms with Gasteiger partial charge in [0.15, 0.2) is 0 Å². The van der Waals surface area contributed by atoms with Gasteiger partial charge in [0.25, 0.3) is 15.9 Å². The van der Waals surface area contributed by atoms with Gasteiger partial charge in [0, 0.05) is 24.7 Å². The minimum absolute atomic E-state index is 0.0398. The largest absolute Gasteiger partial charge is 0.398 e. The topological polar surface area (TPSA) is 102 Å². The summed E-state index contributed by atoms with van der Waals surface area (Å²) < 4.78 is 102. The standard InChI is InChI=1S/C33H36F5N3O4S/c34-32(35,25-10-8-24(9-11-25)30(17-18-30)33(36,37)38)28(29(42)41-19-13-26(39)14-20-41)31(15-3-4-16-31)45-40-46(43,44)27-12-7-22-5-1-2-6-23(22)21-27/h1-2,5-12,21,26,28,40H,3-4,13-20,39H2. The quantitative estimate of drug-likeness (QED) is 0.206. The minimum atomic E-state index is -4.52. The van der Waals surface area contributed by atoms with E-state index in [-0.39, 0.29) is 55.3 Å². The van der Waals surface area contributed by atoms with Gasteiger partial charge in [-0.1, -0.05) is 72.3 Å². The number of nitrogens with one attached hydrogen (secondary N) is 1. The van der Waals surface area contributed by atoms with Crippen molar-refractivity contribution >= 4 is 26.7 Å². The van der Waals surface area contributed by atoms with Crippen molar-refractivity contribution < 1.29 is 40.0 Å². The zero-order chi connectivity index (χ0) is 33.0. The number of fused-ring (bicyclic) bond motifs is 1. The van der Waals surface area contributed by atoms with E-state index in [1.165, 1.54) is 17.0 Å². The second-order valence-electron chi connectivity index (χ2n) is 12.8. The molecule has 0 bridgehead atoms. The fraction of sp³-hybridized carbons (Fsp3) is 0.485. The number of nitrogens with two attached hydrogens (primary N) is 1. The molecule has 1 unspecified atom stereocenters. The molecule has 0 spiro atoms. The number of sulfonamides is 1. The molecule has 248 valence electrons. The number of benzene rings is 3. The van der Waals surface area contributed by atoms with E-state index in [0.29, 0.717) is 31.1 Å². The Labute approximate surface area is 264 Å². The number of carbonyl (C=O) groups is 1. The summed E-state index contributed by atoms with van der Waals surface area (Å²) in [7, 11) is -4.37. The van der Waals surface area contributed by atoms with Crippen LogP contribution in [0.1, 0.15) is 62.5 Å². The molecule has 1 saturated heterocycles. The minimum Gasteiger partial charge on any atom is -0.342 e. The molecule has 1 atom stereocenters. The van der Waals surface area contributed by atoms with E-state index < -0.39 is 50.5 Å². The van der Waals surface area contributed by atoms with Gasteiger partial charge in [-0.3, -0.25) is 9.63 Å². The summed E-state index contributed by atoms with van der Waals surface area (Å²) in [6.45, 7) is 0.275. The number of hydrogen-bond acceptors (Lipinski definition) is 5. The zero-order valence-corrected chi connectivity index (χ0v) is 25.8. The summed E-state index contributed by atoms with van der Waals surface area (Å²) in [6.07, 6.45) is -3.25. The van der Waals surface area contributed by atoms with E-state index in [2.05, 4.69) is 4.89 Å². The van der Waals surface area contributed by atoms with Gasteiger partial charge in [0.1, 0.15) is 11.5 Å². The van der Waals surface area contributed by atoms with Gasteiger partial charge < -0.3 is 10.6 Å². The van der Waals surface area contributed by atoms with Gasteiger partial charge in [0.2, 0.25) is 5.91 Å². The first-order valence-electron chi connectivity index (χ1n) is 15.5. The van der Waals surface area contributed by atoms with Crippen molar-refractivity contribution in [2.45, 2.75) is 85.4 Å². The highest BCUT2D eigenvalue weighted by molar-refractivity contribution is 7.89. The molecule has 1 heterocycles. The number of rotatable bonds is 9. The lowest BCUT2D eigenvalue weighted by Crippen LogP contribution is -2.58. The molecule has 3 fully saturated rings. The maximum Gasteiger partial charge on any atom is 0.398 e. The van der Waals surface area contributed by atoms with Crippen LogP contribution in [0.25, 0.3) is 10.8 Å². The lowest BCUT2D eigenvalue weighted by Gasteiger charge is -2.43. The van der Waals surface area contributed by atoms with E-state index >= 15 is 8.78 Å². The molecule has 1 amide bonds. The van der Waals surface area contributed by atoms with Crippen molar-refractivity contribution in [3.8, 4) is 0 Å². The average Bonchev–Trinajstić information content (AvgIpc) is 3.73. The molecule has 3 aliphatic rings. The first-order chi connectivity index (χ1) is 21.7. The number of likely N-dealkylation sites (tertiary alicyclic amines) is 1.